The van der Waals surface area contributed by atoms with Gasteiger partial charge in [0.2, 0.25) is 11.6 Å². The Morgan fingerprint density at radius 2 is 0.643 bits per heavy atom. The molecule has 18 nitrogen and oxygen atoms in total. The number of Topliss-reactive ketones (excluding diaryl/α,β-unsaturated/α-hetero) is 7. The van der Waals surface area contributed by atoms with Gasteiger partial charge in [0, 0.05) is 25.2 Å². The minimum absolute atomic E-state index is 0.0625. The molecule has 0 amide bonds. The Morgan fingerprint density at radius 1 is 0.367 bits per heavy atom. The Kier molecular flexibility index (Phi) is 282. The van der Waals surface area contributed by atoms with Crippen LogP contribution < -0.4 is 58.9 Å². The van der Waals surface area contributed by atoms with Gasteiger partial charge in [-0.3, -0.25) is 24.0 Å². The first-order valence-corrected chi connectivity index (χ1v) is 38.7. The second-order valence-electron chi connectivity index (χ2n) is 17.3. The number of rotatable bonds is 27. The Morgan fingerprint density at radius 3 is 0.816 bits per heavy atom. The number of nitrogens with two attached hydrogens (primary N) is 1. The van der Waals surface area contributed by atoms with Gasteiger partial charge >= 0.3 is 0 Å². The van der Waals surface area contributed by atoms with Crippen LogP contribution in [0.3, 0.4) is 0 Å². The molecular formula is C80H193N11O7. The van der Waals surface area contributed by atoms with Crippen molar-refractivity contribution in [2.45, 2.75) is 351 Å². The van der Waals surface area contributed by atoms with Crippen LogP contribution in [0.4, 0.5) is 0 Å². The first-order valence-electron chi connectivity index (χ1n) is 38.7. The summed E-state index contributed by atoms with van der Waals surface area (Å²) in [7, 11) is 18.7. The summed E-state index contributed by atoms with van der Waals surface area (Å²) in [6.07, 6.45) is 6.30. The fraction of sp³-hybridized carbons (Fsp3) is 0.838. The quantitative estimate of drug-likeness (QED) is 0.0222. The van der Waals surface area contributed by atoms with E-state index in [1.54, 1.807) is 14.1 Å². The van der Waals surface area contributed by atoms with Crippen LogP contribution in [0.2, 0.25) is 0 Å². The van der Waals surface area contributed by atoms with E-state index in [0.717, 1.165) is 38.9 Å². The summed E-state index contributed by atoms with van der Waals surface area (Å²) in [6, 6.07) is 10.3. The van der Waals surface area contributed by atoms with Gasteiger partial charge in [-0.1, -0.05) is 251 Å². The molecule has 1 aromatic rings. The van der Waals surface area contributed by atoms with E-state index in [0.29, 0.717) is 38.0 Å². The van der Waals surface area contributed by atoms with Gasteiger partial charge in [-0.25, -0.2) is 0 Å². The van der Waals surface area contributed by atoms with Gasteiger partial charge in [0.05, 0.1) is 30.6 Å². The summed E-state index contributed by atoms with van der Waals surface area (Å²) in [5.74, 6) is -0.258. The number of carbonyl (C=O) groups is 7. The zero-order valence-corrected chi connectivity index (χ0v) is 76.0. The molecule has 12 N–H and O–H groups in total. The predicted molar refractivity (Wildman–Crippen MR) is 455 cm³/mol. The summed E-state index contributed by atoms with van der Waals surface area (Å²) in [4.78, 5) is 75.1. The maximum Gasteiger partial charge on any atom is 0.216 e. The molecule has 1 aromatic carbocycles. The maximum absolute atomic E-state index is 12.3. The second kappa shape index (κ2) is 181. The van der Waals surface area contributed by atoms with Crippen molar-refractivity contribution in [1.82, 2.24) is 53.2 Å². The first-order chi connectivity index (χ1) is 46.8. The average molecular weight is 1420 g/mol. The SMILES string of the molecule is CC.CC.CC.CC.CC.CC.CC.CC.CC.CC.CC.CC.CC(=O)CC(C)=O.CC(C)=O.CC(C)=O.CCC.CCC(C)NC.CCC(NC)C(=O)C(=O)[C@H](CCCCN)NC.CCNC.CCNC.CNCC(C)NC.CNCC(NC)C(=O)[C@H](Cc1ccccc1)NC. The van der Waals surface area contributed by atoms with E-state index in [-0.39, 0.29) is 71.1 Å². The average Bonchev–Trinajstić information content (AvgIpc) is 1.49. The van der Waals surface area contributed by atoms with E-state index >= 15 is 0 Å². The Labute approximate surface area is 620 Å². The largest absolute Gasteiger partial charge is 0.330 e. The van der Waals surface area contributed by atoms with Gasteiger partial charge in [0.25, 0.3) is 0 Å². The summed E-state index contributed by atoms with van der Waals surface area (Å²) in [5, 5.41) is 30.1. The minimum atomic E-state index is -0.378. The lowest BCUT2D eigenvalue weighted by Gasteiger charge is -2.21. The van der Waals surface area contributed by atoms with Crippen LogP contribution >= 0.6 is 0 Å². The second-order valence-corrected chi connectivity index (χ2v) is 17.3. The Hall–Kier alpha value is -3.53. The lowest BCUT2D eigenvalue weighted by molar-refractivity contribution is -0.139. The summed E-state index contributed by atoms with van der Waals surface area (Å²) in [5.41, 5.74) is 6.57. The maximum atomic E-state index is 12.3. The van der Waals surface area contributed by atoms with Crippen molar-refractivity contribution in [3.05, 3.63) is 35.9 Å². The van der Waals surface area contributed by atoms with Gasteiger partial charge in [0.1, 0.15) is 23.1 Å². The van der Waals surface area contributed by atoms with Crippen molar-refractivity contribution >= 4 is 40.5 Å². The molecule has 98 heavy (non-hydrogen) atoms. The molecule has 18 heteroatoms. The minimum Gasteiger partial charge on any atom is -0.330 e. The molecule has 0 aliphatic rings. The molecule has 610 valence electrons. The number of carbonyl (C=O) groups excluding carboxylic acids is 7. The van der Waals surface area contributed by atoms with Crippen LogP contribution in [0.1, 0.15) is 314 Å². The van der Waals surface area contributed by atoms with E-state index in [1.165, 1.54) is 59.9 Å². The molecule has 0 spiro atoms. The number of unbranched alkanes of at least 4 members (excludes halogenated alkanes) is 1. The lowest BCUT2D eigenvalue weighted by Crippen LogP contribution is -2.51. The zero-order chi connectivity index (χ0) is 83.9. The molecule has 0 saturated carbocycles. The fourth-order valence-corrected chi connectivity index (χ4v) is 4.71. The van der Waals surface area contributed by atoms with Gasteiger partial charge in [-0.2, -0.15) is 0 Å². The molecule has 0 aromatic heterocycles. The molecule has 0 heterocycles. The van der Waals surface area contributed by atoms with Crippen molar-refractivity contribution in [3.8, 4) is 0 Å². The fourth-order valence-electron chi connectivity index (χ4n) is 4.71. The van der Waals surface area contributed by atoms with Crippen LogP contribution in [0.25, 0.3) is 0 Å². The van der Waals surface area contributed by atoms with Crippen LogP contribution in [0.5, 0.6) is 0 Å². The van der Waals surface area contributed by atoms with Gasteiger partial charge in [-0.15, -0.1) is 0 Å². The molecule has 0 saturated heterocycles. The highest BCUT2D eigenvalue weighted by atomic mass is 16.2. The van der Waals surface area contributed by atoms with E-state index in [2.05, 4.69) is 102 Å². The molecular weight excluding hydrogens is 1230 g/mol. The highest BCUT2D eigenvalue weighted by molar-refractivity contribution is 6.41. The van der Waals surface area contributed by atoms with Gasteiger partial charge < -0.3 is 68.5 Å². The molecule has 0 aliphatic carbocycles. The van der Waals surface area contributed by atoms with Crippen molar-refractivity contribution < 1.29 is 33.6 Å². The molecule has 1 rings (SSSR count). The Bertz CT molecular complexity index is 1340. The van der Waals surface area contributed by atoms with Crippen LogP contribution in [0.15, 0.2) is 30.3 Å². The number of likely N-dealkylation sites (N-methyl/N-ethyl adjacent to an activating group) is 7. The van der Waals surface area contributed by atoms with E-state index in [4.69, 9.17) is 5.73 Å². The lowest BCUT2D eigenvalue weighted by atomic mass is 9.97. The first kappa shape index (κ1) is 153. The van der Waals surface area contributed by atoms with E-state index in [9.17, 15) is 33.6 Å². The van der Waals surface area contributed by atoms with Crippen LogP contribution in [-0.4, -0.2) is 180 Å². The zero-order valence-electron chi connectivity index (χ0n) is 76.0. The predicted octanol–water partition coefficient (Wildman–Crippen LogP) is 16.8. The summed E-state index contributed by atoms with van der Waals surface area (Å²) < 4.78 is 0. The third-order valence-corrected chi connectivity index (χ3v) is 9.32. The van der Waals surface area contributed by atoms with E-state index < -0.39 is 0 Å². The molecule has 0 fully saturated rings. The standard InChI is InChI=1S/C14H23N3O.C12H25N3O2.C5H14N2.C5H13N.C5H8O2.2C3H9N.2C3H6O.C3H8.12C2H6/c1-15-10-13(17-3)14(18)12(16-2)9-11-7-5-4-6-8-11;1-4-9(14-2)11(16)12(17)10(15-3)7-5-6-8-13;1-5(7-3)4-6-2;1-4-5(2)6-3;1-4(6)3-5(2)7;2*1-3-4-2;2*1-3(2)4;1-3-2;12*1-2/h4-8,12-13,15-17H,9-10H2,1-3H3;9-10,14-15H,4-8,13H2,1-3H3;5-7H,4H2,1-3H3;5-6H,4H2,1-3H3;3H2,1-2H3;2*4H,3H2,1-2H3;2*1-2H3;3H2,1-2H3;12*1-2H3/t12-,13?;9?,10-;;;;;;;;;;;;;;;;;;;;/m00..................../s1. The monoisotopic (exact) mass is 1420 g/mol. The molecule has 6 atom stereocenters. The third-order valence-electron chi connectivity index (χ3n) is 9.32. The molecule has 4 unspecified atom stereocenters. The number of nitrogens with one attached hydrogen (secondary N) is 10. The van der Waals surface area contributed by atoms with Gasteiger partial charge in [0.15, 0.2) is 5.78 Å². The number of benzene rings is 1. The number of ketones is 7. The van der Waals surface area contributed by atoms with Crippen molar-refractivity contribution in [2.75, 3.05) is 103 Å². The number of hydrogen-bond acceptors (Lipinski definition) is 18. The molecule has 0 radical (unpaired) electrons. The van der Waals surface area contributed by atoms with Crippen LogP contribution in [-0.2, 0) is 40.0 Å². The highest BCUT2D eigenvalue weighted by Gasteiger charge is 2.28. The summed E-state index contributed by atoms with van der Waals surface area (Å²) >= 11 is 0. The van der Waals surface area contributed by atoms with Crippen molar-refractivity contribution in [2.24, 2.45) is 5.73 Å². The smallest absolute Gasteiger partial charge is 0.216 e. The van der Waals surface area contributed by atoms with Gasteiger partial charge in [-0.05, 0) is 183 Å². The van der Waals surface area contributed by atoms with E-state index in [1.807, 2.05) is 260 Å². The van der Waals surface area contributed by atoms with Crippen LogP contribution in [0, 0.1) is 0 Å². The van der Waals surface area contributed by atoms with Crippen molar-refractivity contribution in [3.63, 3.8) is 0 Å². The Balaban J connectivity index is -0.0000000358. The highest BCUT2D eigenvalue weighted by Crippen LogP contribution is 2.06. The molecule has 0 bridgehead atoms. The van der Waals surface area contributed by atoms with Crippen molar-refractivity contribution in [1.29, 1.82) is 0 Å². The third kappa shape index (κ3) is 205. The molecule has 0 aliphatic heterocycles. The topological polar surface area (TPSA) is 266 Å². The normalized spacial score (nSPS) is 9.64. The summed E-state index contributed by atoms with van der Waals surface area (Å²) in [6.45, 7) is 78.1. The number of hydrogen-bond donors (Lipinski definition) is 11.